The molecule has 2 heteroatoms. The molecule has 0 amide bonds. The summed E-state index contributed by atoms with van der Waals surface area (Å²) in [4.78, 5) is 10.9. The Balaban J connectivity index is 0.000000791. The summed E-state index contributed by atoms with van der Waals surface area (Å²) in [6, 6.07) is 2.99. The van der Waals surface area contributed by atoms with Crippen LogP contribution in [0.1, 0.15) is 42.3 Å². The predicted octanol–water partition coefficient (Wildman–Crippen LogP) is 3.67. The average molecular weight is 196 g/mol. The highest BCUT2D eigenvalue weighted by Gasteiger charge is 2.08. The summed E-state index contributed by atoms with van der Waals surface area (Å²) >= 11 is 0. The lowest BCUT2D eigenvalue weighted by atomic mass is 10.0. The van der Waals surface area contributed by atoms with Gasteiger partial charge in [0.15, 0.2) is 5.78 Å². The maximum atomic E-state index is 13.1. The Morgan fingerprint density at radius 2 is 1.57 bits per heavy atom. The van der Waals surface area contributed by atoms with Crippen LogP contribution in [0.2, 0.25) is 0 Å². The summed E-state index contributed by atoms with van der Waals surface area (Å²) < 4.78 is 13.1. The first-order valence-electron chi connectivity index (χ1n) is 4.80. The maximum Gasteiger partial charge on any atom is 0.162 e. The molecule has 0 aliphatic rings. The molecule has 0 fully saturated rings. The quantitative estimate of drug-likeness (QED) is 0.626. The molecule has 0 atom stereocenters. The van der Waals surface area contributed by atoms with Crippen LogP contribution in [0.3, 0.4) is 0 Å². The van der Waals surface area contributed by atoms with Gasteiger partial charge in [-0.05, 0) is 44.0 Å². The number of ketones is 1. The Morgan fingerprint density at radius 1 is 1.14 bits per heavy atom. The van der Waals surface area contributed by atoms with Crippen LogP contribution in [-0.2, 0) is 0 Å². The third-order valence-corrected chi connectivity index (χ3v) is 1.96. The molecule has 0 aromatic heterocycles. The van der Waals surface area contributed by atoms with E-state index in [-0.39, 0.29) is 11.3 Å². The summed E-state index contributed by atoms with van der Waals surface area (Å²) in [6.45, 7) is 9.05. The SMILES string of the molecule is CC.CC(=O)c1cc(C)c(C)cc1F. The zero-order valence-corrected chi connectivity index (χ0v) is 9.44. The molecule has 0 saturated heterocycles. The number of hydrogen-bond donors (Lipinski definition) is 0. The molecule has 1 rings (SSSR count). The number of aryl methyl sites for hydroxylation is 2. The number of carbonyl (C=O) groups is 1. The van der Waals surface area contributed by atoms with Crippen LogP contribution in [-0.4, -0.2) is 5.78 Å². The van der Waals surface area contributed by atoms with Crippen molar-refractivity contribution in [2.75, 3.05) is 0 Å². The van der Waals surface area contributed by atoms with Crippen molar-refractivity contribution in [1.29, 1.82) is 0 Å². The number of rotatable bonds is 1. The second kappa shape index (κ2) is 5.53. The van der Waals surface area contributed by atoms with Gasteiger partial charge in [0.05, 0.1) is 5.56 Å². The Bertz CT molecular complexity index is 329. The van der Waals surface area contributed by atoms with Crippen molar-refractivity contribution in [2.24, 2.45) is 0 Å². The van der Waals surface area contributed by atoms with E-state index in [4.69, 9.17) is 0 Å². The van der Waals surface area contributed by atoms with Crippen molar-refractivity contribution in [2.45, 2.75) is 34.6 Å². The van der Waals surface area contributed by atoms with Crippen molar-refractivity contribution >= 4 is 5.78 Å². The summed E-state index contributed by atoms with van der Waals surface area (Å²) in [6.07, 6.45) is 0. The van der Waals surface area contributed by atoms with Gasteiger partial charge in [-0.1, -0.05) is 13.8 Å². The van der Waals surface area contributed by atoms with E-state index in [2.05, 4.69) is 0 Å². The van der Waals surface area contributed by atoms with E-state index in [0.29, 0.717) is 0 Å². The predicted molar refractivity (Wildman–Crippen MR) is 57.2 cm³/mol. The topological polar surface area (TPSA) is 17.1 Å². The molecule has 1 aromatic carbocycles. The van der Waals surface area contributed by atoms with E-state index in [1.807, 2.05) is 27.7 Å². The Hall–Kier alpha value is -1.18. The highest BCUT2D eigenvalue weighted by molar-refractivity contribution is 5.94. The minimum Gasteiger partial charge on any atom is -0.294 e. The molecule has 14 heavy (non-hydrogen) atoms. The molecular formula is C12H17FO. The zero-order valence-electron chi connectivity index (χ0n) is 9.44. The van der Waals surface area contributed by atoms with Gasteiger partial charge in [-0.3, -0.25) is 4.79 Å². The molecule has 1 aromatic rings. The third-order valence-electron chi connectivity index (χ3n) is 1.96. The summed E-state index contributed by atoms with van der Waals surface area (Å²) in [7, 11) is 0. The molecule has 0 saturated carbocycles. The van der Waals surface area contributed by atoms with Gasteiger partial charge in [0.2, 0.25) is 0 Å². The molecule has 0 spiro atoms. The molecular weight excluding hydrogens is 179 g/mol. The van der Waals surface area contributed by atoms with Crippen molar-refractivity contribution in [3.63, 3.8) is 0 Å². The van der Waals surface area contributed by atoms with Gasteiger partial charge in [0, 0.05) is 0 Å². The molecule has 1 nitrogen and oxygen atoms in total. The van der Waals surface area contributed by atoms with Gasteiger partial charge < -0.3 is 0 Å². The number of halogens is 1. The monoisotopic (exact) mass is 196 g/mol. The lowest BCUT2D eigenvalue weighted by molar-refractivity contribution is 0.101. The Morgan fingerprint density at radius 3 is 2.00 bits per heavy atom. The highest BCUT2D eigenvalue weighted by Crippen LogP contribution is 2.14. The van der Waals surface area contributed by atoms with Crippen LogP contribution in [0.25, 0.3) is 0 Å². The summed E-state index contributed by atoms with van der Waals surface area (Å²) in [5.41, 5.74) is 2.00. The van der Waals surface area contributed by atoms with Gasteiger partial charge >= 0.3 is 0 Å². The van der Waals surface area contributed by atoms with Gasteiger partial charge in [-0.2, -0.15) is 0 Å². The van der Waals surface area contributed by atoms with Crippen molar-refractivity contribution in [1.82, 2.24) is 0 Å². The van der Waals surface area contributed by atoms with Gasteiger partial charge in [0.1, 0.15) is 5.82 Å². The number of carbonyl (C=O) groups excluding carboxylic acids is 1. The fourth-order valence-electron chi connectivity index (χ4n) is 1.05. The largest absolute Gasteiger partial charge is 0.294 e. The first-order valence-corrected chi connectivity index (χ1v) is 4.80. The van der Waals surface area contributed by atoms with Crippen LogP contribution in [0, 0.1) is 19.7 Å². The van der Waals surface area contributed by atoms with Gasteiger partial charge in [0.25, 0.3) is 0 Å². The first-order chi connectivity index (χ1) is 6.52. The van der Waals surface area contributed by atoms with Crippen molar-refractivity contribution in [3.05, 3.63) is 34.6 Å². The first kappa shape index (κ1) is 12.8. The fourth-order valence-corrected chi connectivity index (χ4v) is 1.05. The maximum absolute atomic E-state index is 13.1. The molecule has 0 N–H and O–H groups in total. The molecule has 0 radical (unpaired) electrons. The molecule has 0 aliphatic heterocycles. The van der Waals surface area contributed by atoms with Gasteiger partial charge in [-0.15, -0.1) is 0 Å². The van der Waals surface area contributed by atoms with E-state index >= 15 is 0 Å². The van der Waals surface area contributed by atoms with Crippen LogP contribution in [0.4, 0.5) is 4.39 Å². The van der Waals surface area contributed by atoms with Crippen molar-refractivity contribution < 1.29 is 9.18 Å². The highest BCUT2D eigenvalue weighted by atomic mass is 19.1. The number of benzene rings is 1. The van der Waals surface area contributed by atoms with E-state index in [9.17, 15) is 9.18 Å². The average Bonchev–Trinajstić information content (AvgIpc) is 2.14. The Labute approximate surface area is 85.0 Å². The molecule has 78 valence electrons. The van der Waals surface area contributed by atoms with Crippen LogP contribution < -0.4 is 0 Å². The van der Waals surface area contributed by atoms with Crippen molar-refractivity contribution in [3.8, 4) is 0 Å². The number of hydrogen-bond acceptors (Lipinski definition) is 1. The van der Waals surface area contributed by atoms with Crippen LogP contribution in [0.5, 0.6) is 0 Å². The van der Waals surface area contributed by atoms with E-state index in [1.54, 1.807) is 6.07 Å². The van der Waals surface area contributed by atoms with E-state index in [1.165, 1.54) is 13.0 Å². The van der Waals surface area contributed by atoms with E-state index in [0.717, 1.165) is 11.1 Å². The molecule has 0 aliphatic carbocycles. The zero-order chi connectivity index (χ0) is 11.3. The van der Waals surface area contributed by atoms with Crippen LogP contribution >= 0.6 is 0 Å². The number of Topliss-reactive ketones (excluding diaryl/α,β-unsaturated/α-hetero) is 1. The minimum atomic E-state index is -0.425. The smallest absolute Gasteiger partial charge is 0.162 e. The normalized spacial score (nSPS) is 9.00. The lowest BCUT2D eigenvalue weighted by Crippen LogP contribution is -1.98. The second-order valence-corrected chi connectivity index (χ2v) is 2.97. The second-order valence-electron chi connectivity index (χ2n) is 2.97. The Kier molecular flexibility index (Phi) is 5.06. The minimum absolute atomic E-state index is 0.179. The third kappa shape index (κ3) is 2.95. The standard InChI is InChI=1S/C10H11FO.C2H6/c1-6-4-9(8(3)12)10(11)5-7(6)2;1-2/h4-5H,1-3H3;1-2H3. The van der Waals surface area contributed by atoms with Gasteiger partial charge in [-0.25, -0.2) is 4.39 Å². The fraction of sp³-hybridized carbons (Fsp3) is 0.417. The summed E-state index contributed by atoms with van der Waals surface area (Å²) in [5.74, 6) is -0.652. The lowest BCUT2D eigenvalue weighted by Gasteiger charge is -2.03. The molecule has 0 heterocycles. The molecule has 0 unspecified atom stereocenters. The van der Waals surface area contributed by atoms with E-state index < -0.39 is 5.82 Å². The van der Waals surface area contributed by atoms with Crippen LogP contribution in [0.15, 0.2) is 12.1 Å². The molecule has 0 bridgehead atoms. The summed E-state index contributed by atoms with van der Waals surface area (Å²) in [5, 5.41) is 0.